The predicted octanol–water partition coefficient (Wildman–Crippen LogP) is 0.0168. The fraction of sp³-hybridized carbons (Fsp3) is 0.333. The van der Waals surface area contributed by atoms with E-state index in [4.69, 9.17) is 5.73 Å². The lowest BCUT2D eigenvalue weighted by molar-refractivity contribution is -0.121. The Hall–Kier alpha value is -1.98. The van der Waals surface area contributed by atoms with E-state index in [0.717, 1.165) is 5.52 Å². The summed E-state index contributed by atoms with van der Waals surface area (Å²) in [5.74, 6) is -0.0250. The zero-order valence-electron chi connectivity index (χ0n) is 8.27. The summed E-state index contributed by atoms with van der Waals surface area (Å²) in [6.45, 7) is 1.75. The molecule has 1 unspecified atom stereocenters. The SMILES string of the molecule is CC(Cc1ncc2[nH]cnc2n1)C(N)=O. The zero-order valence-corrected chi connectivity index (χ0v) is 8.27. The van der Waals surface area contributed by atoms with E-state index >= 15 is 0 Å². The molecule has 0 aliphatic carbocycles. The predicted molar refractivity (Wildman–Crippen MR) is 53.7 cm³/mol. The van der Waals surface area contributed by atoms with E-state index in [-0.39, 0.29) is 11.8 Å². The van der Waals surface area contributed by atoms with E-state index in [9.17, 15) is 4.79 Å². The number of carbonyl (C=O) groups excluding carboxylic acids is 1. The topological polar surface area (TPSA) is 97.6 Å². The fourth-order valence-electron chi connectivity index (χ4n) is 1.24. The van der Waals surface area contributed by atoms with Gasteiger partial charge in [0.1, 0.15) is 11.3 Å². The molecular formula is C9H11N5O. The second-order valence-electron chi connectivity index (χ2n) is 3.43. The molecule has 1 amide bonds. The standard InChI is InChI=1S/C9H11N5O/c1-5(8(10)15)2-7-11-3-6-9(14-7)13-4-12-6/h3-5H,2H2,1H3,(H2,10,15)(H,11,12,13,14). The Morgan fingerprint density at radius 3 is 3.13 bits per heavy atom. The van der Waals surface area contributed by atoms with Gasteiger partial charge in [0.2, 0.25) is 5.91 Å². The molecule has 2 aromatic heterocycles. The Morgan fingerprint density at radius 1 is 1.60 bits per heavy atom. The van der Waals surface area contributed by atoms with E-state index in [1.165, 1.54) is 0 Å². The highest BCUT2D eigenvalue weighted by Crippen LogP contribution is 2.07. The maximum Gasteiger partial charge on any atom is 0.220 e. The highest BCUT2D eigenvalue weighted by molar-refractivity contribution is 5.76. The first-order valence-corrected chi connectivity index (χ1v) is 4.61. The van der Waals surface area contributed by atoms with Gasteiger partial charge in [0.05, 0.1) is 12.5 Å². The van der Waals surface area contributed by atoms with Crippen LogP contribution in [0.1, 0.15) is 12.7 Å². The summed E-state index contributed by atoms with van der Waals surface area (Å²) in [4.78, 5) is 26.1. The van der Waals surface area contributed by atoms with Crippen LogP contribution in [-0.4, -0.2) is 25.8 Å². The van der Waals surface area contributed by atoms with Crippen molar-refractivity contribution in [3.63, 3.8) is 0 Å². The third kappa shape index (κ3) is 1.93. The van der Waals surface area contributed by atoms with Gasteiger partial charge in [-0.1, -0.05) is 6.92 Å². The zero-order chi connectivity index (χ0) is 10.8. The van der Waals surface area contributed by atoms with E-state index < -0.39 is 0 Å². The first kappa shape index (κ1) is 9.57. The monoisotopic (exact) mass is 205 g/mol. The average molecular weight is 205 g/mol. The number of amides is 1. The summed E-state index contributed by atoms with van der Waals surface area (Å²) in [6.07, 6.45) is 3.65. The molecule has 0 radical (unpaired) electrons. The molecular weight excluding hydrogens is 194 g/mol. The smallest absolute Gasteiger partial charge is 0.220 e. The maximum absolute atomic E-state index is 10.9. The van der Waals surface area contributed by atoms with Gasteiger partial charge >= 0.3 is 0 Å². The molecule has 3 N–H and O–H groups in total. The lowest BCUT2D eigenvalue weighted by atomic mass is 10.1. The molecule has 15 heavy (non-hydrogen) atoms. The van der Waals surface area contributed by atoms with Crippen LogP contribution in [0.25, 0.3) is 11.2 Å². The second-order valence-corrected chi connectivity index (χ2v) is 3.43. The molecule has 0 aromatic carbocycles. The Labute approximate surface area is 85.9 Å². The molecule has 0 spiro atoms. The van der Waals surface area contributed by atoms with Crippen LogP contribution in [0.15, 0.2) is 12.5 Å². The summed E-state index contributed by atoms with van der Waals surface area (Å²) < 4.78 is 0. The van der Waals surface area contributed by atoms with Crippen molar-refractivity contribution in [2.24, 2.45) is 11.7 Å². The molecule has 2 aromatic rings. The van der Waals surface area contributed by atoms with Crippen molar-refractivity contribution >= 4 is 17.1 Å². The van der Waals surface area contributed by atoms with E-state index in [2.05, 4.69) is 19.9 Å². The fourth-order valence-corrected chi connectivity index (χ4v) is 1.24. The Balaban J connectivity index is 2.24. The normalized spacial score (nSPS) is 12.9. The Morgan fingerprint density at radius 2 is 2.40 bits per heavy atom. The minimum atomic E-state index is -0.347. The molecule has 0 aliphatic heterocycles. The van der Waals surface area contributed by atoms with Crippen molar-refractivity contribution in [1.29, 1.82) is 0 Å². The van der Waals surface area contributed by atoms with E-state index in [1.54, 1.807) is 19.4 Å². The molecule has 6 heteroatoms. The Kier molecular flexibility index (Phi) is 2.32. The minimum Gasteiger partial charge on any atom is -0.369 e. The second kappa shape index (κ2) is 3.64. The van der Waals surface area contributed by atoms with Gasteiger partial charge in [-0.15, -0.1) is 0 Å². The summed E-state index contributed by atoms with van der Waals surface area (Å²) >= 11 is 0. The first-order valence-electron chi connectivity index (χ1n) is 4.61. The summed E-state index contributed by atoms with van der Waals surface area (Å²) in [6, 6.07) is 0. The summed E-state index contributed by atoms with van der Waals surface area (Å²) in [7, 11) is 0. The molecule has 0 saturated carbocycles. The number of primary amides is 1. The summed E-state index contributed by atoms with van der Waals surface area (Å²) in [5, 5.41) is 0. The van der Waals surface area contributed by atoms with Crippen molar-refractivity contribution in [3.05, 3.63) is 18.3 Å². The average Bonchev–Trinajstić information content (AvgIpc) is 2.64. The number of hydrogen-bond donors (Lipinski definition) is 2. The van der Waals surface area contributed by atoms with Gasteiger partial charge < -0.3 is 10.7 Å². The molecule has 6 nitrogen and oxygen atoms in total. The van der Waals surface area contributed by atoms with Gasteiger partial charge in [-0.3, -0.25) is 4.79 Å². The molecule has 0 aliphatic rings. The minimum absolute atomic E-state index is 0.263. The third-order valence-corrected chi connectivity index (χ3v) is 2.20. The molecule has 1 atom stereocenters. The molecule has 0 saturated heterocycles. The van der Waals surface area contributed by atoms with Crippen LogP contribution in [0.4, 0.5) is 0 Å². The third-order valence-electron chi connectivity index (χ3n) is 2.20. The van der Waals surface area contributed by atoms with Gasteiger partial charge in [-0.25, -0.2) is 15.0 Å². The van der Waals surface area contributed by atoms with Crippen LogP contribution in [0.3, 0.4) is 0 Å². The lowest BCUT2D eigenvalue weighted by Crippen LogP contribution is -2.23. The van der Waals surface area contributed by atoms with Gasteiger partial charge in [-0.05, 0) is 0 Å². The number of nitrogens with two attached hydrogens (primary N) is 1. The number of rotatable bonds is 3. The largest absolute Gasteiger partial charge is 0.369 e. The van der Waals surface area contributed by atoms with Gasteiger partial charge in [0, 0.05) is 12.3 Å². The maximum atomic E-state index is 10.9. The lowest BCUT2D eigenvalue weighted by Gasteiger charge is -2.04. The van der Waals surface area contributed by atoms with Crippen LogP contribution in [0, 0.1) is 5.92 Å². The van der Waals surface area contributed by atoms with Crippen LogP contribution in [0.2, 0.25) is 0 Å². The highest BCUT2D eigenvalue weighted by atomic mass is 16.1. The number of imidazole rings is 1. The van der Waals surface area contributed by atoms with Gasteiger partial charge in [0.15, 0.2) is 5.65 Å². The van der Waals surface area contributed by atoms with Crippen molar-refractivity contribution < 1.29 is 4.79 Å². The molecule has 2 heterocycles. The highest BCUT2D eigenvalue weighted by Gasteiger charge is 2.12. The van der Waals surface area contributed by atoms with Gasteiger partial charge in [0.25, 0.3) is 0 Å². The van der Waals surface area contributed by atoms with Crippen molar-refractivity contribution in [3.8, 4) is 0 Å². The van der Waals surface area contributed by atoms with E-state index in [1.807, 2.05) is 0 Å². The number of H-pyrrole nitrogens is 1. The molecule has 0 bridgehead atoms. The van der Waals surface area contributed by atoms with Gasteiger partial charge in [-0.2, -0.15) is 0 Å². The van der Waals surface area contributed by atoms with Crippen LogP contribution >= 0.6 is 0 Å². The first-order chi connectivity index (χ1) is 7.16. The van der Waals surface area contributed by atoms with Crippen LogP contribution in [-0.2, 0) is 11.2 Å². The number of aromatic nitrogens is 4. The van der Waals surface area contributed by atoms with Crippen LogP contribution in [0.5, 0.6) is 0 Å². The number of carbonyl (C=O) groups is 1. The Bertz CT molecular complexity index is 492. The number of fused-ring (bicyclic) bond motifs is 1. The van der Waals surface area contributed by atoms with Crippen molar-refractivity contribution in [2.75, 3.05) is 0 Å². The van der Waals surface area contributed by atoms with Crippen molar-refractivity contribution in [1.82, 2.24) is 19.9 Å². The molecule has 0 fully saturated rings. The van der Waals surface area contributed by atoms with E-state index in [0.29, 0.717) is 17.9 Å². The molecule has 2 rings (SSSR count). The number of hydrogen-bond acceptors (Lipinski definition) is 4. The van der Waals surface area contributed by atoms with Crippen molar-refractivity contribution in [2.45, 2.75) is 13.3 Å². The number of aromatic amines is 1. The number of nitrogens with one attached hydrogen (secondary N) is 1. The quantitative estimate of drug-likeness (QED) is 0.737. The number of nitrogens with zero attached hydrogens (tertiary/aromatic N) is 3. The summed E-state index contributed by atoms with van der Waals surface area (Å²) in [5.41, 5.74) is 6.55. The van der Waals surface area contributed by atoms with Crippen LogP contribution < -0.4 is 5.73 Å². The molecule has 78 valence electrons.